The van der Waals surface area contributed by atoms with Crippen LogP contribution in [0, 0.1) is 11.8 Å². The van der Waals surface area contributed by atoms with E-state index >= 15 is 0 Å². The molecule has 2 atom stereocenters. The van der Waals surface area contributed by atoms with Crippen molar-refractivity contribution in [3.05, 3.63) is 0 Å². The number of aliphatic carboxylic acids is 2. The van der Waals surface area contributed by atoms with Gasteiger partial charge in [0.05, 0.1) is 11.8 Å². The van der Waals surface area contributed by atoms with Crippen LogP contribution in [0.4, 0.5) is 4.79 Å². The van der Waals surface area contributed by atoms with Crippen molar-refractivity contribution >= 4 is 23.9 Å². The monoisotopic (exact) mass is 300 g/mol. The van der Waals surface area contributed by atoms with Gasteiger partial charge in [-0.15, -0.1) is 0 Å². The van der Waals surface area contributed by atoms with Crippen LogP contribution in [0.25, 0.3) is 0 Å². The Morgan fingerprint density at radius 3 is 1.67 bits per heavy atom. The molecule has 0 aliphatic carbocycles. The van der Waals surface area contributed by atoms with E-state index in [9.17, 15) is 19.2 Å². The molecule has 1 fully saturated rings. The van der Waals surface area contributed by atoms with E-state index in [1.54, 1.807) is 0 Å². The van der Waals surface area contributed by atoms with Gasteiger partial charge in [-0.05, 0) is 12.8 Å². The summed E-state index contributed by atoms with van der Waals surface area (Å²) in [5, 5.41) is 18.1. The van der Waals surface area contributed by atoms with Crippen molar-refractivity contribution in [2.75, 3.05) is 14.1 Å². The maximum atomic E-state index is 12.4. The highest BCUT2D eigenvalue weighted by atomic mass is 16.4. The molecule has 0 saturated carbocycles. The highest BCUT2D eigenvalue weighted by Crippen LogP contribution is 2.37. The van der Waals surface area contributed by atoms with Gasteiger partial charge in [0.25, 0.3) is 5.91 Å². The smallest absolute Gasteiger partial charge is 0.327 e. The van der Waals surface area contributed by atoms with Crippen molar-refractivity contribution < 1.29 is 29.4 Å². The third kappa shape index (κ3) is 2.84. The van der Waals surface area contributed by atoms with Gasteiger partial charge < -0.3 is 15.1 Å². The van der Waals surface area contributed by atoms with E-state index in [-0.39, 0.29) is 12.8 Å². The van der Waals surface area contributed by atoms with Crippen LogP contribution in [0.5, 0.6) is 0 Å². The summed E-state index contributed by atoms with van der Waals surface area (Å²) >= 11 is 0. The molecule has 8 heteroatoms. The Morgan fingerprint density at radius 1 is 1.05 bits per heavy atom. The number of imide groups is 1. The van der Waals surface area contributed by atoms with Crippen LogP contribution in [0.15, 0.2) is 0 Å². The Morgan fingerprint density at radius 2 is 1.43 bits per heavy atom. The van der Waals surface area contributed by atoms with Crippen LogP contribution in [0.1, 0.15) is 26.7 Å². The zero-order chi connectivity index (χ0) is 16.5. The predicted molar refractivity (Wildman–Crippen MR) is 71.5 cm³/mol. The number of hydrogen-bond acceptors (Lipinski definition) is 4. The van der Waals surface area contributed by atoms with Crippen molar-refractivity contribution in [3.63, 3.8) is 0 Å². The molecule has 0 aromatic carbocycles. The van der Waals surface area contributed by atoms with Crippen LogP contribution >= 0.6 is 0 Å². The number of carbonyl (C=O) groups excluding carboxylic acids is 2. The van der Waals surface area contributed by atoms with Crippen LogP contribution in [0.2, 0.25) is 0 Å². The second kappa shape index (κ2) is 5.71. The van der Waals surface area contributed by atoms with Crippen molar-refractivity contribution in [2.45, 2.75) is 32.2 Å². The third-order valence-electron chi connectivity index (χ3n) is 4.05. The van der Waals surface area contributed by atoms with E-state index in [2.05, 4.69) is 0 Å². The highest BCUT2D eigenvalue weighted by molar-refractivity contribution is 6.07. The van der Waals surface area contributed by atoms with E-state index in [1.807, 2.05) is 0 Å². The molecule has 1 aliphatic rings. The molecule has 1 aliphatic heterocycles. The summed E-state index contributed by atoms with van der Waals surface area (Å²) < 4.78 is 0. The van der Waals surface area contributed by atoms with E-state index in [0.29, 0.717) is 0 Å². The number of carboxylic acids is 2. The van der Waals surface area contributed by atoms with Gasteiger partial charge in [0, 0.05) is 14.1 Å². The Bertz CT molecular complexity index is 467. The molecule has 0 spiro atoms. The quantitative estimate of drug-likeness (QED) is 0.689. The lowest BCUT2D eigenvalue weighted by molar-refractivity contribution is -0.145. The molecular weight excluding hydrogens is 280 g/mol. The molecule has 2 unspecified atom stereocenters. The average Bonchev–Trinajstić information content (AvgIpc) is 2.55. The Balaban J connectivity index is 3.22. The Hall–Kier alpha value is -2.12. The Kier molecular flexibility index (Phi) is 4.60. The molecule has 118 valence electrons. The summed E-state index contributed by atoms with van der Waals surface area (Å²) in [6, 6.07) is -0.560. The summed E-state index contributed by atoms with van der Waals surface area (Å²) in [6.07, 6.45) is -0.239. The highest BCUT2D eigenvalue weighted by Gasteiger charge is 2.56. The SMILES string of the molecule is CC(CC1(CC(C)C(=O)O)C(=O)N(C)C(=O)N1C)C(=O)O. The minimum atomic E-state index is -1.43. The topological polar surface area (TPSA) is 115 Å². The van der Waals surface area contributed by atoms with Gasteiger partial charge >= 0.3 is 18.0 Å². The normalized spacial score (nSPS) is 25.1. The van der Waals surface area contributed by atoms with Crippen molar-refractivity contribution in [1.29, 1.82) is 0 Å². The summed E-state index contributed by atoms with van der Waals surface area (Å²) in [4.78, 5) is 48.6. The lowest BCUT2D eigenvalue weighted by atomic mass is 9.80. The maximum Gasteiger partial charge on any atom is 0.327 e. The third-order valence-corrected chi connectivity index (χ3v) is 4.05. The summed E-state index contributed by atoms with van der Waals surface area (Å²) in [7, 11) is 2.70. The van der Waals surface area contributed by atoms with Gasteiger partial charge in [0.2, 0.25) is 0 Å². The molecule has 8 nitrogen and oxygen atoms in total. The number of amides is 3. The number of carboxylic acid groups (broad SMARTS) is 2. The number of nitrogens with zero attached hydrogens (tertiary/aromatic N) is 2. The van der Waals surface area contributed by atoms with Crippen LogP contribution < -0.4 is 0 Å². The van der Waals surface area contributed by atoms with Crippen LogP contribution in [0.3, 0.4) is 0 Å². The zero-order valence-corrected chi connectivity index (χ0v) is 12.5. The van der Waals surface area contributed by atoms with Gasteiger partial charge in [-0.1, -0.05) is 13.8 Å². The van der Waals surface area contributed by atoms with Gasteiger partial charge in [-0.25, -0.2) is 4.79 Å². The summed E-state index contributed by atoms with van der Waals surface area (Å²) in [5.41, 5.74) is -1.43. The molecule has 0 aromatic rings. The maximum absolute atomic E-state index is 12.4. The van der Waals surface area contributed by atoms with E-state index in [1.165, 1.54) is 27.9 Å². The summed E-state index contributed by atoms with van der Waals surface area (Å²) in [5.74, 6) is -4.51. The first-order chi connectivity index (χ1) is 9.54. The van der Waals surface area contributed by atoms with E-state index in [4.69, 9.17) is 10.2 Å². The molecular formula is C13H20N2O6. The second-order valence-electron chi connectivity index (χ2n) is 5.62. The van der Waals surface area contributed by atoms with Crippen molar-refractivity contribution in [2.24, 2.45) is 11.8 Å². The van der Waals surface area contributed by atoms with Crippen molar-refractivity contribution in [1.82, 2.24) is 9.80 Å². The minimum absolute atomic E-state index is 0.120. The van der Waals surface area contributed by atoms with Crippen LogP contribution in [-0.4, -0.2) is 63.5 Å². The number of carbonyl (C=O) groups is 4. The lowest BCUT2D eigenvalue weighted by Gasteiger charge is -2.35. The number of urea groups is 1. The molecule has 3 amide bonds. The first kappa shape index (κ1) is 16.9. The van der Waals surface area contributed by atoms with E-state index in [0.717, 1.165) is 9.80 Å². The molecule has 0 bridgehead atoms. The number of rotatable bonds is 6. The van der Waals surface area contributed by atoms with Gasteiger partial charge in [0.1, 0.15) is 5.54 Å². The molecule has 1 saturated heterocycles. The first-order valence-electron chi connectivity index (χ1n) is 6.56. The fourth-order valence-electron chi connectivity index (χ4n) is 2.67. The van der Waals surface area contributed by atoms with Crippen LogP contribution in [-0.2, 0) is 14.4 Å². The van der Waals surface area contributed by atoms with Gasteiger partial charge in [-0.3, -0.25) is 19.3 Å². The molecule has 1 rings (SSSR count). The standard InChI is InChI=1S/C13H20N2O6/c1-7(9(16)17)5-13(6-8(2)10(18)19)11(20)14(3)12(21)15(13)4/h7-8H,5-6H2,1-4H3,(H,16,17)(H,18,19). The average molecular weight is 300 g/mol. The van der Waals surface area contributed by atoms with E-state index < -0.39 is 41.3 Å². The second-order valence-corrected chi connectivity index (χ2v) is 5.62. The molecule has 2 N–H and O–H groups in total. The number of hydrogen-bond donors (Lipinski definition) is 2. The fourth-order valence-corrected chi connectivity index (χ4v) is 2.67. The van der Waals surface area contributed by atoms with Gasteiger partial charge in [0.15, 0.2) is 0 Å². The lowest BCUT2D eigenvalue weighted by Crippen LogP contribution is -2.51. The van der Waals surface area contributed by atoms with Gasteiger partial charge in [-0.2, -0.15) is 0 Å². The minimum Gasteiger partial charge on any atom is -0.481 e. The zero-order valence-electron chi connectivity index (χ0n) is 12.5. The Labute approximate surface area is 122 Å². The fraction of sp³-hybridized carbons (Fsp3) is 0.692. The molecule has 1 heterocycles. The molecule has 21 heavy (non-hydrogen) atoms. The first-order valence-corrected chi connectivity index (χ1v) is 6.56. The number of likely N-dealkylation sites (N-methyl/N-ethyl adjacent to an activating group) is 2. The predicted octanol–water partition coefficient (Wildman–Crippen LogP) is 0.471. The largest absolute Gasteiger partial charge is 0.481 e. The summed E-state index contributed by atoms with van der Waals surface area (Å²) in [6.45, 7) is 2.86. The molecule has 0 aromatic heterocycles. The van der Waals surface area contributed by atoms with Crippen molar-refractivity contribution in [3.8, 4) is 0 Å². The molecule has 0 radical (unpaired) electrons.